The molecular weight excluding hydrogens is 230 g/mol. The molecular formula is C10H11NO4S. The first-order chi connectivity index (χ1) is 7.65. The smallest absolute Gasteiger partial charge is 0.338 e. The fourth-order valence-electron chi connectivity index (χ4n) is 0.999. The molecule has 1 rings (SSSR count). The lowest BCUT2D eigenvalue weighted by Gasteiger charge is -2.03. The molecule has 0 spiro atoms. The SMILES string of the molecule is CCOC(=O)CSc1ncccc1C(=O)O. The molecule has 16 heavy (non-hydrogen) atoms. The predicted octanol–water partition coefficient (Wildman–Crippen LogP) is 1.44. The first kappa shape index (κ1) is 12.5. The molecule has 0 aromatic carbocycles. The number of carbonyl (C=O) groups excluding carboxylic acids is 1. The van der Waals surface area contributed by atoms with Crippen molar-refractivity contribution in [3.63, 3.8) is 0 Å². The van der Waals surface area contributed by atoms with Crippen molar-refractivity contribution >= 4 is 23.7 Å². The van der Waals surface area contributed by atoms with E-state index in [9.17, 15) is 9.59 Å². The third-order valence-electron chi connectivity index (χ3n) is 1.63. The lowest BCUT2D eigenvalue weighted by Crippen LogP contribution is -2.08. The normalized spacial score (nSPS) is 9.81. The van der Waals surface area contributed by atoms with E-state index in [1.54, 1.807) is 6.92 Å². The van der Waals surface area contributed by atoms with Crippen LogP contribution < -0.4 is 0 Å². The van der Waals surface area contributed by atoms with Gasteiger partial charge >= 0.3 is 11.9 Å². The monoisotopic (exact) mass is 241 g/mol. The van der Waals surface area contributed by atoms with Crippen LogP contribution in [0.25, 0.3) is 0 Å². The van der Waals surface area contributed by atoms with Gasteiger partial charge in [0.15, 0.2) is 0 Å². The highest BCUT2D eigenvalue weighted by Crippen LogP contribution is 2.19. The van der Waals surface area contributed by atoms with Crippen LogP contribution in [0.3, 0.4) is 0 Å². The molecule has 0 bridgehead atoms. The van der Waals surface area contributed by atoms with Crippen molar-refractivity contribution < 1.29 is 19.4 Å². The average Bonchev–Trinajstić information content (AvgIpc) is 2.27. The van der Waals surface area contributed by atoms with Gasteiger partial charge in [-0.05, 0) is 19.1 Å². The van der Waals surface area contributed by atoms with Gasteiger partial charge < -0.3 is 9.84 Å². The van der Waals surface area contributed by atoms with Gasteiger partial charge in [0.25, 0.3) is 0 Å². The van der Waals surface area contributed by atoms with Crippen LogP contribution in [0, 0.1) is 0 Å². The van der Waals surface area contributed by atoms with E-state index in [0.29, 0.717) is 11.6 Å². The number of aromatic nitrogens is 1. The number of carboxylic acids is 1. The molecule has 0 amide bonds. The maximum Gasteiger partial charge on any atom is 0.338 e. The molecule has 0 fully saturated rings. The third-order valence-corrected chi connectivity index (χ3v) is 2.61. The molecule has 0 atom stereocenters. The molecule has 0 aliphatic heterocycles. The summed E-state index contributed by atoms with van der Waals surface area (Å²) in [5.74, 6) is -1.38. The van der Waals surface area contributed by atoms with Crippen LogP contribution in [0.1, 0.15) is 17.3 Å². The minimum atomic E-state index is -1.06. The summed E-state index contributed by atoms with van der Waals surface area (Å²) in [4.78, 5) is 25.8. The fraction of sp³-hybridized carbons (Fsp3) is 0.300. The van der Waals surface area contributed by atoms with Crippen LogP contribution in [0.15, 0.2) is 23.4 Å². The topological polar surface area (TPSA) is 76.5 Å². The number of ether oxygens (including phenoxy) is 1. The number of hydrogen-bond donors (Lipinski definition) is 1. The predicted molar refractivity (Wildman–Crippen MR) is 58.6 cm³/mol. The summed E-state index contributed by atoms with van der Waals surface area (Å²) in [6.45, 7) is 2.03. The Morgan fingerprint density at radius 3 is 2.94 bits per heavy atom. The highest BCUT2D eigenvalue weighted by molar-refractivity contribution is 8.00. The molecule has 0 aliphatic rings. The van der Waals surface area contributed by atoms with Crippen LogP contribution in [-0.2, 0) is 9.53 Å². The summed E-state index contributed by atoms with van der Waals surface area (Å²) in [5.41, 5.74) is 0.0943. The summed E-state index contributed by atoms with van der Waals surface area (Å²) in [6.07, 6.45) is 1.49. The Kier molecular flexibility index (Phi) is 4.78. The van der Waals surface area contributed by atoms with E-state index >= 15 is 0 Å². The van der Waals surface area contributed by atoms with Crippen LogP contribution in [0.4, 0.5) is 0 Å². The van der Waals surface area contributed by atoms with E-state index in [2.05, 4.69) is 4.98 Å². The number of carboxylic acid groups (broad SMARTS) is 1. The standard InChI is InChI=1S/C10H11NO4S/c1-2-15-8(12)6-16-9-7(10(13)14)4-3-5-11-9/h3-5H,2,6H2,1H3,(H,13,14). The lowest BCUT2D eigenvalue weighted by molar-refractivity contribution is -0.139. The van der Waals surface area contributed by atoms with Crippen LogP contribution in [0.2, 0.25) is 0 Å². The maximum absolute atomic E-state index is 11.1. The van der Waals surface area contributed by atoms with Crippen molar-refractivity contribution in [3.8, 4) is 0 Å². The molecule has 6 heteroatoms. The maximum atomic E-state index is 11.1. The van der Waals surface area contributed by atoms with Gasteiger partial charge in [0.2, 0.25) is 0 Å². The van der Waals surface area contributed by atoms with E-state index in [1.807, 2.05) is 0 Å². The molecule has 1 heterocycles. The van der Waals surface area contributed by atoms with E-state index in [-0.39, 0.29) is 17.3 Å². The Balaban J connectivity index is 2.66. The minimum absolute atomic E-state index is 0.0606. The summed E-state index contributed by atoms with van der Waals surface area (Å²) >= 11 is 1.06. The van der Waals surface area contributed by atoms with Gasteiger partial charge in [-0.1, -0.05) is 11.8 Å². The minimum Gasteiger partial charge on any atom is -0.478 e. The van der Waals surface area contributed by atoms with Gasteiger partial charge in [0, 0.05) is 6.20 Å². The zero-order valence-corrected chi connectivity index (χ0v) is 9.49. The summed E-state index contributed by atoms with van der Waals surface area (Å²) in [7, 11) is 0. The Morgan fingerprint density at radius 1 is 1.56 bits per heavy atom. The van der Waals surface area contributed by atoms with Crippen LogP contribution in [-0.4, -0.2) is 34.4 Å². The number of aromatic carboxylic acids is 1. The molecule has 1 aromatic heterocycles. The number of rotatable bonds is 5. The van der Waals surface area contributed by atoms with Crippen molar-refractivity contribution in [2.24, 2.45) is 0 Å². The first-order valence-corrected chi connectivity index (χ1v) is 5.60. The Labute approximate surface area is 96.8 Å². The van der Waals surface area contributed by atoms with Crippen molar-refractivity contribution in [2.75, 3.05) is 12.4 Å². The molecule has 0 unspecified atom stereocenters. The Bertz CT molecular complexity index is 394. The highest BCUT2D eigenvalue weighted by atomic mass is 32.2. The Morgan fingerprint density at radius 2 is 2.31 bits per heavy atom. The quantitative estimate of drug-likeness (QED) is 0.621. The summed E-state index contributed by atoms with van der Waals surface area (Å²) < 4.78 is 4.73. The first-order valence-electron chi connectivity index (χ1n) is 4.62. The van der Waals surface area contributed by atoms with Crippen molar-refractivity contribution in [2.45, 2.75) is 11.9 Å². The summed E-state index contributed by atoms with van der Waals surface area (Å²) in [5, 5.41) is 9.19. The molecule has 0 radical (unpaired) electrons. The van der Waals surface area contributed by atoms with Crippen molar-refractivity contribution in [3.05, 3.63) is 23.9 Å². The number of hydrogen-bond acceptors (Lipinski definition) is 5. The molecule has 86 valence electrons. The number of nitrogens with zero attached hydrogens (tertiary/aromatic N) is 1. The van der Waals surface area contributed by atoms with Crippen molar-refractivity contribution in [1.29, 1.82) is 0 Å². The number of thioether (sulfide) groups is 1. The molecule has 0 aliphatic carbocycles. The molecule has 5 nitrogen and oxygen atoms in total. The van der Waals surface area contributed by atoms with E-state index in [4.69, 9.17) is 9.84 Å². The highest BCUT2D eigenvalue weighted by Gasteiger charge is 2.12. The molecule has 1 N–H and O–H groups in total. The Hall–Kier alpha value is -1.56. The zero-order valence-electron chi connectivity index (χ0n) is 8.67. The van der Waals surface area contributed by atoms with Crippen LogP contribution in [0.5, 0.6) is 0 Å². The summed E-state index contributed by atoms with van der Waals surface area (Å²) in [6, 6.07) is 2.99. The van der Waals surface area contributed by atoms with Crippen LogP contribution >= 0.6 is 11.8 Å². The second-order valence-corrected chi connectivity index (χ2v) is 3.72. The largest absolute Gasteiger partial charge is 0.478 e. The van der Waals surface area contributed by atoms with Gasteiger partial charge in [0.1, 0.15) is 5.03 Å². The second-order valence-electron chi connectivity index (χ2n) is 2.75. The number of esters is 1. The fourth-order valence-corrected chi connectivity index (χ4v) is 1.78. The van der Waals surface area contributed by atoms with Gasteiger partial charge in [-0.3, -0.25) is 4.79 Å². The number of pyridine rings is 1. The zero-order chi connectivity index (χ0) is 12.0. The van der Waals surface area contributed by atoms with Gasteiger partial charge in [-0.2, -0.15) is 0 Å². The second kappa shape index (κ2) is 6.12. The van der Waals surface area contributed by atoms with E-state index in [1.165, 1.54) is 18.3 Å². The van der Waals surface area contributed by atoms with Gasteiger partial charge in [-0.25, -0.2) is 9.78 Å². The molecule has 0 saturated heterocycles. The molecule has 0 saturated carbocycles. The average molecular weight is 241 g/mol. The number of carbonyl (C=O) groups is 2. The lowest BCUT2D eigenvalue weighted by atomic mass is 10.3. The van der Waals surface area contributed by atoms with Gasteiger partial charge in [0.05, 0.1) is 17.9 Å². The third kappa shape index (κ3) is 3.54. The van der Waals surface area contributed by atoms with E-state index < -0.39 is 5.97 Å². The molecule has 1 aromatic rings. The van der Waals surface area contributed by atoms with Gasteiger partial charge in [-0.15, -0.1) is 0 Å². The van der Waals surface area contributed by atoms with Crippen molar-refractivity contribution in [1.82, 2.24) is 4.98 Å². The van der Waals surface area contributed by atoms with E-state index in [0.717, 1.165) is 11.8 Å².